The quantitative estimate of drug-likeness (QED) is 0.0884. The summed E-state index contributed by atoms with van der Waals surface area (Å²) in [5.74, 6) is -1.19. The van der Waals surface area contributed by atoms with Gasteiger partial charge in [0, 0.05) is 54.0 Å². The van der Waals surface area contributed by atoms with Crippen LogP contribution in [0.3, 0.4) is 0 Å². The summed E-state index contributed by atoms with van der Waals surface area (Å²) >= 11 is 0. The SMILES string of the molecule is C[C@@H]1[C@@H]([Si](C)(C)O)[C@H](CCn2cc(C(CO)c3ccccc3)nn2)O[C@@]12C(=O)N(Cc1ccc(N3C(=O)CCc4ccccc43)cc1)c1ccc([N+](=O)[O-])cc12. The molecule has 0 saturated carbocycles. The maximum Gasteiger partial charge on any atom is 0.269 e. The molecule has 1 unspecified atom stereocenters. The molecule has 3 aliphatic rings. The minimum absolute atomic E-state index is 0.0151. The van der Waals surface area contributed by atoms with Gasteiger partial charge in [-0.1, -0.05) is 72.8 Å². The normalized spacial score (nSPS) is 22.4. The second kappa shape index (κ2) is 14.5. The summed E-state index contributed by atoms with van der Waals surface area (Å²) in [5.41, 5.74) is 3.84. The Labute approximate surface area is 325 Å². The predicted octanol–water partition coefficient (Wildman–Crippen LogP) is 6.36. The number of aromatic nitrogens is 3. The number of ether oxygens (including phenoxy) is 1. The standard InChI is InChI=1S/C42H44N6O7Si/c1-27-40(56(2,3)54)38(21-22-45-25-35(43-44-45)33(26-49)29-9-5-4-6-10-29)55-42(27)34-23-32(48(52)53)18-19-37(34)46(41(42)51)24-28-13-16-31(17-14-28)47-36-12-8-7-11-30(36)15-20-39(47)50/h4-14,16-19,23,25,27,33,38,40,49,54H,15,20-22,24,26H2,1-3H3/t27-,33?,38+,40-,42+/m1/s1. The van der Waals surface area contributed by atoms with Gasteiger partial charge >= 0.3 is 0 Å². The van der Waals surface area contributed by atoms with E-state index in [2.05, 4.69) is 10.3 Å². The average Bonchev–Trinajstić information content (AvgIpc) is 3.85. The third-order valence-corrected chi connectivity index (χ3v) is 14.2. The highest BCUT2D eigenvalue weighted by Gasteiger charge is 2.66. The van der Waals surface area contributed by atoms with Crippen molar-refractivity contribution in [2.75, 3.05) is 16.4 Å². The number of hydrogen-bond acceptors (Lipinski definition) is 9. The molecule has 1 fully saturated rings. The fourth-order valence-corrected chi connectivity index (χ4v) is 11.7. The average molecular weight is 773 g/mol. The fraction of sp³-hybridized carbons (Fsp3) is 0.333. The monoisotopic (exact) mass is 772 g/mol. The van der Waals surface area contributed by atoms with Gasteiger partial charge in [0.25, 0.3) is 11.6 Å². The molecular formula is C42H44N6O7Si. The number of nitro benzene ring substituents is 1. The summed E-state index contributed by atoms with van der Waals surface area (Å²) in [4.78, 5) is 54.8. The lowest BCUT2D eigenvalue weighted by atomic mass is 9.82. The third-order valence-electron chi connectivity index (χ3n) is 11.7. The van der Waals surface area contributed by atoms with E-state index in [4.69, 9.17) is 4.74 Å². The second-order valence-electron chi connectivity index (χ2n) is 15.6. The molecule has 4 heterocycles. The Hall–Kier alpha value is -5.54. The van der Waals surface area contributed by atoms with Crippen LogP contribution in [0.25, 0.3) is 0 Å². The molecule has 5 aromatic rings. The van der Waals surface area contributed by atoms with E-state index in [9.17, 15) is 29.6 Å². The first-order valence-electron chi connectivity index (χ1n) is 19.0. The molecule has 13 nitrogen and oxygen atoms in total. The molecule has 0 radical (unpaired) electrons. The van der Waals surface area contributed by atoms with Crippen LogP contribution in [-0.4, -0.2) is 62.7 Å². The molecule has 1 saturated heterocycles. The number of hydrogen-bond donors (Lipinski definition) is 2. The number of nitro groups is 1. The number of amides is 2. The summed E-state index contributed by atoms with van der Waals surface area (Å²) in [6, 6.07) is 29.4. The van der Waals surface area contributed by atoms with Gasteiger partial charge in [-0.3, -0.25) is 29.3 Å². The lowest BCUT2D eigenvalue weighted by Crippen LogP contribution is -2.46. The van der Waals surface area contributed by atoms with Crippen LogP contribution in [0.5, 0.6) is 0 Å². The molecule has 3 aliphatic heterocycles. The Morgan fingerprint density at radius 1 is 0.982 bits per heavy atom. The van der Waals surface area contributed by atoms with Crippen LogP contribution in [-0.2, 0) is 39.4 Å². The molecule has 4 aromatic carbocycles. The van der Waals surface area contributed by atoms with Crippen molar-refractivity contribution in [2.45, 2.75) is 75.5 Å². The maximum atomic E-state index is 15.0. The van der Waals surface area contributed by atoms with E-state index in [-0.39, 0.29) is 36.6 Å². The molecule has 288 valence electrons. The van der Waals surface area contributed by atoms with E-state index < -0.39 is 36.4 Å². The smallest absolute Gasteiger partial charge is 0.269 e. The molecule has 5 atom stereocenters. The lowest BCUT2D eigenvalue weighted by molar-refractivity contribution is -0.385. The minimum atomic E-state index is -3.02. The molecule has 0 aliphatic carbocycles. The molecule has 56 heavy (non-hydrogen) atoms. The van der Waals surface area contributed by atoms with Crippen LogP contribution in [0.1, 0.15) is 53.6 Å². The topological polar surface area (TPSA) is 164 Å². The van der Waals surface area contributed by atoms with Gasteiger partial charge in [-0.2, -0.15) is 0 Å². The Kier molecular flexibility index (Phi) is 9.69. The van der Waals surface area contributed by atoms with Gasteiger partial charge in [0.1, 0.15) is 0 Å². The van der Waals surface area contributed by atoms with E-state index in [0.717, 1.165) is 28.1 Å². The van der Waals surface area contributed by atoms with Crippen molar-refractivity contribution in [1.29, 1.82) is 0 Å². The molecule has 8 rings (SSSR count). The van der Waals surface area contributed by atoms with Gasteiger partial charge in [-0.05, 0) is 66.9 Å². The van der Waals surface area contributed by atoms with Crippen molar-refractivity contribution >= 4 is 42.9 Å². The summed E-state index contributed by atoms with van der Waals surface area (Å²) in [7, 11) is -3.02. The highest BCUT2D eigenvalue weighted by molar-refractivity contribution is 6.71. The molecule has 2 N–H and O–H groups in total. The number of nitrogens with zero attached hydrogens (tertiary/aromatic N) is 6. The van der Waals surface area contributed by atoms with Crippen molar-refractivity contribution in [2.24, 2.45) is 5.92 Å². The predicted molar refractivity (Wildman–Crippen MR) is 212 cm³/mol. The summed E-state index contributed by atoms with van der Waals surface area (Å²) < 4.78 is 8.61. The Morgan fingerprint density at radius 3 is 2.43 bits per heavy atom. The number of aryl methyl sites for hydroxylation is 2. The molecular weight excluding hydrogens is 729 g/mol. The van der Waals surface area contributed by atoms with E-state index in [1.807, 2.05) is 98.9 Å². The highest BCUT2D eigenvalue weighted by Crippen LogP contribution is 2.60. The zero-order chi connectivity index (χ0) is 39.4. The van der Waals surface area contributed by atoms with E-state index >= 15 is 0 Å². The van der Waals surface area contributed by atoms with Crippen LogP contribution in [0.4, 0.5) is 22.7 Å². The summed E-state index contributed by atoms with van der Waals surface area (Å²) in [6.45, 7) is 5.97. The number of benzene rings is 4. The van der Waals surface area contributed by atoms with Crippen LogP contribution >= 0.6 is 0 Å². The fourth-order valence-electron chi connectivity index (χ4n) is 9.15. The number of aliphatic hydroxyl groups excluding tert-OH is 1. The van der Waals surface area contributed by atoms with Crippen molar-refractivity contribution < 1.29 is 29.2 Å². The summed E-state index contributed by atoms with van der Waals surface area (Å²) in [5, 5.41) is 31.0. The van der Waals surface area contributed by atoms with Gasteiger partial charge in [0.05, 0.1) is 47.2 Å². The number of para-hydroxylation sites is 1. The molecule has 1 aromatic heterocycles. The van der Waals surface area contributed by atoms with Crippen molar-refractivity contribution in [3.63, 3.8) is 0 Å². The van der Waals surface area contributed by atoms with Gasteiger partial charge in [0.2, 0.25) is 5.91 Å². The van der Waals surface area contributed by atoms with Gasteiger partial charge in [-0.25, -0.2) is 0 Å². The number of carbonyl (C=O) groups is 2. The van der Waals surface area contributed by atoms with E-state index in [1.54, 1.807) is 26.7 Å². The van der Waals surface area contributed by atoms with E-state index in [0.29, 0.717) is 42.8 Å². The van der Waals surface area contributed by atoms with Crippen LogP contribution in [0.2, 0.25) is 18.6 Å². The third kappa shape index (κ3) is 6.41. The molecule has 2 amide bonds. The largest absolute Gasteiger partial charge is 0.432 e. The minimum Gasteiger partial charge on any atom is -0.432 e. The number of carbonyl (C=O) groups excluding carboxylic acids is 2. The first kappa shape index (κ1) is 37.4. The van der Waals surface area contributed by atoms with Gasteiger partial charge < -0.3 is 19.5 Å². The first-order chi connectivity index (χ1) is 26.9. The van der Waals surface area contributed by atoms with Crippen LogP contribution in [0.15, 0.2) is 103 Å². The van der Waals surface area contributed by atoms with Gasteiger partial charge in [0.15, 0.2) is 13.9 Å². The first-order valence-corrected chi connectivity index (χ1v) is 22.0. The number of anilines is 3. The lowest BCUT2D eigenvalue weighted by Gasteiger charge is -2.32. The maximum absolute atomic E-state index is 15.0. The van der Waals surface area contributed by atoms with Crippen LogP contribution < -0.4 is 9.80 Å². The van der Waals surface area contributed by atoms with Crippen molar-refractivity contribution in [3.05, 3.63) is 141 Å². The zero-order valence-corrected chi connectivity index (χ0v) is 32.5. The molecule has 1 spiro atoms. The zero-order valence-electron chi connectivity index (χ0n) is 31.5. The van der Waals surface area contributed by atoms with E-state index in [1.165, 1.54) is 12.1 Å². The van der Waals surface area contributed by atoms with Gasteiger partial charge in [-0.15, -0.1) is 5.10 Å². The van der Waals surface area contributed by atoms with Crippen molar-refractivity contribution in [3.8, 4) is 0 Å². The number of rotatable bonds is 11. The Balaban J connectivity index is 1.09. The van der Waals surface area contributed by atoms with Crippen molar-refractivity contribution in [1.82, 2.24) is 15.0 Å². The highest BCUT2D eigenvalue weighted by atomic mass is 28.4. The Bertz CT molecular complexity index is 2290. The number of fused-ring (bicyclic) bond motifs is 3. The van der Waals surface area contributed by atoms with Crippen LogP contribution in [0, 0.1) is 16.0 Å². The molecule has 0 bridgehead atoms. The Morgan fingerprint density at radius 2 is 1.71 bits per heavy atom. The summed E-state index contributed by atoms with van der Waals surface area (Å²) in [6.07, 6.45) is 2.72. The molecule has 14 heteroatoms. The number of non-ortho nitro benzene ring substituents is 1. The second-order valence-corrected chi connectivity index (χ2v) is 19.5. The number of aliphatic hydroxyl groups is 1.